The van der Waals surface area contributed by atoms with Crippen molar-refractivity contribution < 1.29 is 13.9 Å². The Hall–Kier alpha value is -1.68. The maximum atomic E-state index is 13.2. The van der Waals surface area contributed by atoms with Crippen LogP contribution in [-0.2, 0) is 0 Å². The van der Waals surface area contributed by atoms with Crippen LogP contribution in [0.2, 0.25) is 0 Å². The van der Waals surface area contributed by atoms with Crippen LogP contribution < -0.4 is 4.74 Å². The molecular formula is C14H10BrFO2. The maximum absolute atomic E-state index is 13.2. The van der Waals surface area contributed by atoms with Crippen LogP contribution in [-0.4, -0.2) is 6.29 Å². The molecule has 0 atom stereocenters. The number of aldehydes is 1. The standard InChI is InChI=1S/C14H10BrFO2/c1-9-2-5-12(16)7-13(9)18-14-6-11(15)4-3-10(14)8-17/h2-8H,1H3. The van der Waals surface area contributed by atoms with Gasteiger partial charge in [0.25, 0.3) is 0 Å². The van der Waals surface area contributed by atoms with Crippen LogP contribution in [0.5, 0.6) is 11.5 Å². The van der Waals surface area contributed by atoms with Crippen LogP contribution in [0, 0.1) is 12.7 Å². The van der Waals surface area contributed by atoms with E-state index < -0.39 is 0 Å². The number of rotatable bonds is 3. The van der Waals surface area contributed by atoms with Crippen LogP contribution in [0.4, 0.5) is 4.39 Å². The molecule has 0 saturated heterocycles. The van der Waals surface area contributed by atoms with Crippen molar-refractivity contribution in [3.05, 3.63) is 57.8 Å². The molecule has 0 aliphatic carbocycles. The molecule has 0 radical (unpaired) electrons. The number of carbonyl (C=O) groups is 1. The molecule has 0 spiro atoms. The predicted octanol–water partition coefficient (Wildman–Crippen LogP) is 4.50. The highest BCUT2D eigenvalue weighted by molar-refractivity contribution is 9.10. The first-order valence-electron chi connectivity index (χ1n) is 5.29. The van der Waals surface area contributed by atoms with E-state index in [0.717, 1.165) is 10.0 Å². The molecule has 18 heavy (non-hydrogen) atoms. The maximum Gasteiger partial charge on any atom is 0.153 e. The highest BCUT2D eigenvalue weighted by atomic mass is 79.9. The zero-order chi connectivity index (χ0) is 13.1. The highest BCUT2D eigenvalue weighted by Crippen LogP contribution is 2.30. The van der Waals surface area contributed by atoms with Crippen molar-refractivity contribution in [2.75, 3.05) is 0 Å². The molecule has 0 heterocycles. The fourth-order valence-corrected chi connectivity index (χ4v) is 1.84. The number of aryl methyl sites for hydroxylation is 1. The topological polar surface area (TPSA) is 26.3 Å². The van der Waals surface area contributed by atoms with E-state index in [1.54, 1.807) is 24.3 Å². The van der Waals surface area contributed by atoms with Gasteiger partial charge in [-0.15, -0.1) is 0 Å². The second kappa shape index (κ2) is 5.31. The third kappa shape index (κ3) is 2.76. The Bertz CT molecular complexity index is 596. The molecule has 0 aliphatic heterocycles. The van der Waals surface area contributed by atoms with E-state index in [2.05, 4.69) is 15.9 Å². The first-order valence-corrected chi connectivity index (χ1v) is 6.08. The molecule has 4 heteroatoms. The Balaban J connectivity index is 2.41. The van der Waals surface area contributed by atoms with Gasteiger partial charge in [0.2, 0.25) is 0 Å². The number of hydrogen-bond donors (Lipinski definition) is 0. The average Bonchev–Trinajstić information content (AvgIpc) is 2.34. The summed E-state index contributed by atoms with van der Waals surface area (Å²) in [5.74, 6) is 0.419. The summed E-state index contributed by atoms with van der Waals surface area (Å²) in [6.07, 6.45) is 0.705. The molecule has 2 nitrogen and oxygen atoms in total. The van der Waals surface area contributed by atoms with Gasteiger partial charge in [0, 0.05) is 10.5 Å². The summed E-state index contributed by atoms with van der Waals surface area (Å²) < 4.78 is 19.5. The molecule has 0 aromatic heterocycles. The molecule has 0 aliphatic rings. The summed E-state index contributed by atoms with van der Waals surface area (Å²) in [5.41, 5.74) is 1.22. The molecule has 92 valence electrons. The minimum Gasteiger partial charge on any atom is -0.456 e. The van der Waals surface area contributed by atoms with Gasteiger partial charge >= 0.3 is 0 Å². The number of hydrogen-bond acceptors (Lipinski definition) is 2. The molecule has 0 fully saturated rings. The zero-order valence-electron chi connectivity index (χ0n) is 9.61. The molecule has 0 N–H and O–H groups in total. The van der Waals surface area contributed by atoms with Gasteiger partial charge in [0.15, 0.2) is 6.29 Å². The first kappa shape index (κ1) is 12.8. The Labute approximate surface area is 113 Å². The second-order valence-corrected chi connectivity index (χ2v) is 4.73. The van der Waals surface area contributed by atoms with Crippen molar-refractivity contribution in [1.82, 2.24) is 0 Å². The fraction of sp³-hybridized carbons (Fsp3) is 0.0714. The van der Waals surface area contributed by atoms with Crippen molar-refractivity contribution in [1.29, 1.82) is 0 Å². The van der Waals surface area contributed by atoms with Gasteiger partial charge in [-0.1, -0.05) is 22.0 Å². The summed E-state index contributed by atoms with van der Waals surface area (Å²) in [7, 11) is 0. The lowest BCUT2D eigenvalue weighted by Gasteiger charge is -2.10. The van der Waals surface area contributed by atoms with Crippen LogP contribution in [0.1, 0.15) is 15.9 Å². The molecule has 0 amide bonds. The van der Waals surface area contributed by atoms with Crippen molar-refractivity contribution in [2.24, 2.45) is 0 Å². The predicted molar refractivity (Wildman–Crippen MR) is 70.7 cm³/mol. The van der Waals surface area contributed by atoms with Gasteiger partial charge in [-0.05, 0) is 36.8 Å². The molecule has 0 saturated carbocycles. The number of ether oxygens (including phenoxy) is 1. The summed E-state index contributed by atoms with van der Waals surface area (Å²) in [5, 5.41) is 0. The van der Waals surface area contributed by atoms with E-state index in [4.69, 9.17) is 4.74 Å². The van der Waals surface area contributed by atoms with E-state index in [1.165, 1.54) is 12.1 Å². The lowest BCUT2D eigenvalue weighted by atomic mass is 10.2. The molecule has 2 rings (SSSR count). The van der Waals surface area contributed by atoms with E-state index in [-0.39, 0.29) is 5.82 Å². The van der Waals surface area contributed by atoms with E-state index >= 15 is 0 Å². The molecule has 2 aromatic carbocycles. The smallest absolute Gasteiger partial charge is 0.153 e. The molecular weight excluding hydrogens is 299 g/mol. The summed E-state index contributed by atoms with van der Waals surface area (Å²) in [6.45, 7) is 1.81. The normalized spacial score (nSPS) is 10.2. The van der Waals surface area contributed by atoms with Crippen molar-refractivity contribution in [3.63, 3.8) is 0 Å². The number of halogens is 2. The number of carbonyl (C=O) groups excluding carboxylic acids is 1. The van der Waals surface area contributed by atoms with Crippen LogP contribution >= 0.6 is 15.9 Å². The van der Waals surface area contributed by atoms with Crippen molar-refractivity contribution in [2.45, 2.75) is 6.92 Å². The fourth-order valence-electron chi connectivity index (χ4n) is 1.50. The minimum absolute atomic E-state index is 0.377. The Morgan fingerprint density at radius 1 is 1.17 bits per heavy atom. The highest BCUT2D eigenvalue weighted by Gasteiger charge is 2.08. The van der Waals surface area contributed by atoms with Crippen molar-refractivity contribution >= 4 is 22.2 Å². The Kier molecular flexibility index (Phi) is 3.77. The van der Waals surface area contributed by atoms with Crippen molar-refractivity contribution in [3.8, 4) is 11.5 Å². The van der Waals surface area contributed by atoms with E-state index in [0.29, 0.717) is 23.3 Å². The largest absolute Gasteiger partial charge is 0.456 e. The summed E-state index contributed by atoms with van der Waals surface area (Å²) >= 11 is 3.30. The average molecular weight is 309 g/mol. The Morgan fingerprint density at radius 2 is 1.94 bits per heavy atom. The molecule has 2 aromatic rings. The lowest BCUT2D eigenvalue weighted by Crippen LogP contribution is -1.93. The first-order chi connectivity index (χ1) is 8.60. The third-order valence-corrected chi connectivity index (χ3v) is 2.97. The molecule has 0 bridgehead atoms. The van der Waals surface area contributed by atoms with Crippen LogP contribution in [0.25, 0.3) is 0 Å². The van der Waals surface area contributed by atoms with Gasteiger partial charge in [-0.2, -0.15) is 0 Å². The third-order valence-electron chi connectivity index (χ3n) is 2.47. The SMILES string of the molecule is Cc1ccc(F)cc1Oc1cc(Br)ccc1C=O. The van der Waals surface area contributed by atoms with Gasteiger partial charge in [-0.3, -0.25) is 4.79 Å². The lowest BCUT2D eigenvalue weighted by molar-refractivity contribution is 0.112. The number of benzene rings is 2. The van der Waals surface area contributed by atoms with E-state index in [9.17, 15) is 9.18 Å². The Morgan fingerprint density at radius 3 is 2.67 bits per heavy atom. The summed E-state index contributed by atoms with van der Waals surface area (Å²) in [4.78, 5) is 10.9. The van der Waals surface area contributed by atoms with E-state index in [1.807, 2.05) is 6.92 Å². The minimum atomic E-state index is -0.377. The quantitative estimate of drug-likeness (QED) is 0.780. The second-order valence-electron chi connectivity index (χ2n) is 3.81. The summed E-state index contributed by atoms with van der Waals surface area (Å²) in [6, 6.07) is 9.35. The van der Waals surface area contributed by atoms with Gasteiger partial charge in [0.1, 0.15) is 17.3 Å². The van der Waals surface area contributed by atoms with Crippen LogP contribution in [0.3, 0.4) is 0 Å². The van der Waals surface area contributed by atoms with Gasteiger partial charge in [-0.25, -0.2) is 4.39 Å². The monoisotopic (exact) mass is 308 g/mol. The van der Waals surface area contributed by atoms with Crippen LogP contribution in [0.15, 0.2) is 40.9 Å². The van der Waals surface area contributed by atoms with Gasteiger partial charge in [0.05, 0.1) is 5.56 Å². The zero-order valence-corrected chi connectivity index (χ0v) is 11.2. The molecule has 0 unspecified atom stereocenters. The van der Waals surface area contributed by atoms with Gasteiger partial charge < -0.3 is 4.74 Å².